The molecule has 2 heterocycles. The van der Waals surface area contributed by atoms with Gasteiger partial charge in [-0.25, -0.2) is 14.4 Å². The van der Waals surface area contributed by atoms with Gasteiger partial charge in [0.2, 0.25) is 11.8 Å². The normalized spacial score (nSPS) is 14.9. The van der Waals surface area contributed by atoms with Crippen molar-refractivity contribution in [3.8, 4) is 17.0 Å². The lowest BCUT2D eigenvalue weighted by atomic mass is 9.96. The van der Waals surface area contributed by atoms with E-state index in [0.29, 0.717) is 5.69 Å². The predicted molar refractivity (Wildman–Crippen MR) is 112 cm³/mol. The SMILES string of the molecule is COc1cc(F)c([N+](=O)[O-])cc1Nc1ncc(C)c(-c2cn(C)c3c2CC(F)C=C3)n1. The Morgan fingerprint density at radius 3 is 2.87 bits per heavy atom. The van der Waals surface area contributed by atoms with Crippen LogP contribution in [0.1, 0.15) is 16.8 Å². The van der Waals surface area contributed by atoms with Gasteiger partial charge >= 0.3 is 5.69 Å². The van der Waals surface area contributed by atoms with Gasteiger partial charge in [0.15, 0.2) is 0 Å². The first-order chi connectivity index (χ1) is 14.8. The second-order valence-electron chi connectivity index (χ2n) is 7.21. The third kappa shape index (κ3) is 3.72. The van der Waals surface area contributed by atoms with Crippen LogP contribution < -0.4 is 10.1 Å². The maximum atomic E-state index is 14.0. The number of nitro groups is 1. The molecule has 0 amide bonds. The summed E-state index contributed by atoms with van der Waals surface area (Å²) >= 11 is 0. The summed E-state index contributed by atoms with van der Waals surface area (Å²) < 4.78 is 35.0. The van der Waals surface area contributed by atoms with Gasteiger partial charge in [0.1, 0.15) is 11.9 Å². The molecule has 2 aromatic heterocycles. The number of aromatic nitrogens is 3. The zero-order chi connectivity index (χ0) is 22.3. The van der Waals surface area contributed by atoms with Crippen molar-refractivity contribution >= 4 is 23.4 Å². The van der Waals surface area contributed by atoms with E-state index in [1.54, 1.807) is 12.3 Å². The van der Waals surface area contributed by atoms with Crippen LogP contribution in [0.2, 0.25) is 0 Å². The highest BCUT2D eigenvalue weighted by Gasteiger charge is 2.23. The third-order valence-electron chi connectivity index (χ3n) is 5.14. The van der Waals surface area contributed by atoms with E-state index in [1.165, 1.54) is 13.2 Å². The van der Waals surface area contributed by atoms with Crippen molar-refractivity contribution < 1.29 is 18.4 Å². The zero-order valence-corrected chi connectivity index (χ0v) is 17.0. The van der Waals surface area contributed by atoms with Gasteiger partial charge in [-0.05, 0) is 30.2 Å². The van der Waals surface area contributed by atoms with Crippen molar-refractivity contribution in [2.45, 2.75) is 19.5 Å². The van der Waals surface area contributed by atoms with Crippen molar-refractivity contribution in [3.05, 3.63) is 63.4 Å². The van der Waals surface area contributed by atoms with Crippen LogP contribution in [-0.2, 0) is 13.5 Å². The first-order valence-electron chi connectivity index (χ1n) is 9.42. The summed E-state index contributed by atoms with van der Waals surface area (Å²) in [5.74, 6) is -0.806. The molecule has 1 N–H and O–H groups in total. The van der Waals surface area contributed by atoms with Crippen molar-refractivity contribution in [3.63, 3.8) is 0 Å². The number of benzene rings is 1. The van der Waals surface area contributed by atoms with Crippen LogP contribution >= 0.6 is 0 Å². The minimum atomic E-state index is -1.07. The molecule has 4 rings (SSSR count). The first kappa shape index (κ1) is 20.5. The van der Waals surface area contributed by atoms with E-state index >= 15 is 0 Å². The molecule has 0 bridgehead atoms. The Morgan fingerprint density at radius 1 is 1.39 bits per heavy atom. The van der Waals surface area contributed by atoms with E-state index in [0.717, 1.165) is 34.5 Å². The summed E-state index contributed by atoms with van der Waals surface area (Å²) in [6.45, 7) is 1.84. The second kappa shape index (κ2) is 7.78. The molecule has 10 heteroatoms. The molecule has 0 fully saturated rings. The Kier molecular flexibility index (Phi) is 5.14. The molecule has 0 aliphatic heterocycles. The minimum absolute atomic E-state index is 0.0660. The fourth-order valence-electron chi connectivity index (χ4n) is 3.63. The molecule has 1 aliphatic rings. The quantitative estimate of drug-likeness (QED) is 0.476. The standard InChI is InChI=1S/C21H19F2N5O3/c1-11-9-24-21(25-16-8-18(28(29)30)15(23)7-19(16)31-3)26-20(11)14-10-27(2)17-5-4-12(22)6-13(14)17/h4-5,7-10,12H,6H2,1-3H3,(H,24,25,26). The number of ether oxygens (including phenoxy) is 1. The summed E-state index contributed by atoms with van der Waals surface area (Å²) in [6.07, 6.45) is 5.93. The molecule has 8 nitrogen and oxygen atoms in total. The number of allylic oxidation sites excluding steroid dienone is 1. The Morgan fingerprint density at radius 2 is 2.16 bits per heavy atom. The molecule has 0 saturated heterocycles. The van der Waals surface area contributed by atoms with Gasteiger partial charge in [0.25, 0.3) is 0 Å². The number of fused-ring (bicyclic) bond motifs is 1. The summed E-state index contributed by atoms with van der Waals surface area (Å²) in [5.41, 5.74) is 3.37. The number of anilines is 2. The lowest BCUT2D eigenvalue weighted by Gasteiger charge is -2.14. The van der Waals surface area contributed by atoms with Crippen molar-refractivity contribution in [2.24, 2.45) is 7.05 Å². The molecule has 1 atom stereocenters. The molecule has 0 spiro atoms. The fourth-order valence-corrected chi connectivity index (χ4v) is 3.63. The van der Waals surface area contributed by atoms with Crippen molar-refractivity contribution in [2.75, 3.05) is 12.4 Å². The van der Waals surface area contributed by atoms with Crippen LogP contribution in [0.5, 0.6) is 5.75 Å². The molecular formula is C21H19F2N5O3. The summed E-state index contributed by atoms with van der Waals surface area (Å²) in [6, 6.07) is 1.96. The number of rotatable bonds is 5. The number of nitrogens with one attached hydrogen (secondary N) is 1. The number of methoxy groups -OCH3 is 1. The van der Waals surface area contributed by atoms with Gasteiger partial charge in [-0.2, -0.15) is 4.39 Å². The van der Waals surface area contributed by atoms with Crippen LogP contribution in [0.3, 0.4) is 0 Å². The molecule has 1 aromatic carbocycles. The highest BCUT2D eigenvalue weighted by molar-refractivity contribution is 5.75. The van der Waals surface area contributed by atoms with Gasteiger partial charge in [0.05, 0.1) is 23.4 Å². The van der Waals surface area contributed by atoms with E-state index in [4.69, 9.17) is 4.74 Å². The maximum absolute atomic E-state index is 14.0. The van der Waals surface area contributed by atoms with Gasteiger partial charge in [-0.3, -0.25) is 10.1 Å². The van der Waals surface area contributed by atoms with E-state index < -0.39 is 22.6 Å². The summed E-state index contributed by atoms with van der Waals surface area (Å²) in [7, 11) is 3.20. The molecule has 1 aliphatic carbocycles. The smallest absolute Gasteiger partial charge is 0.307 e. The highest BCUT2D eigenvalue weighted by atomic mass is 19.1. The molecule has 31 heavy (non-hydrogen) atoms. The van der Waals surface area contributed by atoms with Crippen LogP contribution in [0.4, 0.5) is 26.1 Å². The number of halogens is 2. The maximum Gasteiger partial charge on any atom is 0.307 e. The minimum Gasteiger partial charge on any atom is -0.494 e. The number of aryl methyl sites for hydroxylation is 2. The lowest BCUT2D eigenvalue weighted by Crippen LogP contribution is -2.08. The van der Waals surface area contributed by atoms with Crippen molar-refractivity contribution in [1.29, 1.82) is 0 Å². The average molecular weight is 427 g/mol. The Labute approximate surface area is 176 Å². The van der Waals surface area contributed by atoms with Gasteiger partial charge in [0, 0.05) is 49.3 Å². The van der Waals surface area contributed by atoms with Crippen LogP contribution in [0.25, 0.3) is 17.3 Å². The number of nitro benzene ring substituents is 1. The first-order valence-corrected chi connectivity index (χ1v) is 9.42. The Bertz CT molecular complexity index is 1220. The largest absolute Gasteiger partial charge is 0.494 e. The Hall–Kier alpha value is -3.82. The number of nitrogens with zero attached hydrogens (tertiary/aromatic N) is 4. The second-order valence-corrected chi connectivity index (χ2v) is 7.21. The highest BCUT2D eigenvalue weighted by Crippen LogP contribution is 2.36. The predicted octanol–water partition coefficient (Wildman–Crippen LogP) is 4.50. The Balaban J connectivity index is 1.77. The third-order valence-corrected chi connectivity index (χ3v) is 5.14. The zero-order valence-electron chi connectivity index (χ0n) is 17.0. The molecule has 0 radical (unpaired) electrons. The average Bonchev–Trinajstić information content (AvgIpc) is 3.05. The van der Waals surface area contributed by atoms with Crippen LogP contribution in [0, 0.1) is 22.9 Å². The monoisotopic (exact) mass is 427 g/mol. The lowest BCUT2D eigenvalue weighted by molar-refractivity contribution is -0.387. The van der Waals surface area contributed by atoms with Gasteiger partial charge in [-0.1, -0.05) is 0 Å². The van der Waals surface area contributed by atoms with Crippen molar-refractivity contribution in [1.82, 2.24) is 14.5 Å². The van der Waals surface area contributed by atoms with E-state index in [9.17, 15) is 18.9 Å². The van der Waals surface area contributed by atoms with Crippen LogP contribution in [-0.4, -0.2) is 32.7 Å². The van der Waals surface area contributed by atoms with Gasteiger partial charge in [-0.15, -0.1) is 0 Å². The molecule has 0 saturated carbocycles. The summed E-state index contributed by atoms with van der Waals surface area (Å²) in [4.78, 5) is 19.1. The van der Waals surface area contributed by atoms with E-state index in [1.807, 2.05) is 24.7 Å². The van der Waals surface area contributed by atoms with E-state index in [2.05, 4.69) is 15.3 Å². The molecule has 3 aromatic rings. The molecule has 1 unspecified atom stereocenters. The number of alkyl halides is 1. The van der Waals surface area contributed by atoms with E-state index in [-0.39, 0.29) is 23.8 Å². The summed E-state index contributed by atoms with van der Waals surface area (Å²) in [5, 5.41) is 14.0. The van der Waals surface area contributed by atoms with Crippen LogP contribution in [0.15, 0.2) is 30.6 Å². The topological polar surface area (TPSA) is 95.1 Å². The fraction of sp³-hybridized carbons (Fsp3) is 0.238. The molecular weight excluding hydrogens is 408 g/mol. The number of hydrogen-bond acceptors (Lipinski definition) is 6. The molecule has 160 valence electrons. The number of hydrogen-bond donors (Lipinski definition) is 1. The van der Waals surface area contributed by atoms with Gasteiger partial charge < -0.3 is 14.6 Å².